The van der Waals surface area contributed by atoms with Gasteiger partial charge in [-0.3, -0.25) is 9.59 Å². The van der Waals surface area contributed by atoms with Gasteiger partial charge in [-0.1, -0.05) is 61.8 Å². The molecule has 0 fully saturated rings. The summed E-state index contributed by atoms with van der Waals surface area (Å²) in [5.74, 6) is 0.00109. The Labute approximate surface area is 192 Å². The average molecular weight is 455 g/mol. The number of hydrogen-bond acceptors (Lipinski definition) is 3. The zero-order valence-corrected chi connectivity index (χ0v) is 19.9. The van der Waals surface area contributed by atoms with Crippen molar-refractivity contribution in [2.24, 2.45) is 0 Å². The number of anilines is 1. The van der Waals surface area contributed by atoms with Crippen LogP contribution in [0.1, 0.15) is 61.3 Å². The van der Waals surface area contributed by atoms with Crippen LogP contribution in [0.5, 0.6) is 0 Å². The molecule has 6 heteroatoms. The lowest BCUT2D eigenvalue weighted by atomic mass is 10.0. The van der Waals surface area contributed by atoms with E-state index in [0.29, 0.717) is 21.5 Å². The third kappa shape index (κ3) is 5.75. The highest BCUT2D eigenvalue weighted by Crippen LogP contribution is 2.39. The lowest BCUT2D eigenvalue weighted by Crippen LogP contribution is -2.40. The highest BCUT2D eigenvalue weighted by Gasteiger charge is 2.22. The fourth-order valence-electron chi connectivity index (χ4n) is 3.07. The van der Waals surface area contributed by atoms with Gasteiger partial charge in [0.2, 0.25) is 5.91 Å². The Morgan fingerprint density at radius 1 is 1.06 bits per heavy atom. The van der Waals surface area contributed by atoms with Crippen molar-refractivity contribution >= 4 is 56.6 Å². The quantitative estimate of drug-likeness (QED) is 0.414. The Bertz CT molecular complexity index is 1140. The van der Waals surface area contributed by atoms with E-state index in [1.807, 2.05) is 51.1 Å². The number of rotatable bonds is 5. The summed E-state index contributed by atoms with van der Waals surface area (Å²) in [4.78, 5) is 25.6. The molecule has 2 aromatic carbocycles. The second-order valence-electron chi connectivity index (χ2n) is 8.78. The number of hydrogen-bond donors (Lipinski definition) is 2. The van der Waals surface area contributed by atoms with Gasteiger partial charge in [0.1, 0.15) is 4.88 Å². The van der Waals surface area contributed by atoms with Crippen LogP contribution in [-0.4, -0.2) is 17.4 Å². The van der Waals surface area contributed by atoms with Crippen LogP contribution in [-0.2, 0) is 4.79 Å². The van der Waals surface area contributed by atoms with Crippen LogP contribution in [0.4, 0.5) is 5.69 Å². The van der Waals surface area contributed by atoms with E-state index in [1.54, 1.807) is 6.08 Å². The topological polar surface area (TPSA) is 58.2 Å². The molecule has 0 aliphatic carbocycles. The summed E-state index contributed by atoms with van der Waals surface area (Å²) in [6, 6.07) is 13.6. The third-order valence-corrected chi connectivity index (χ3v) is 6.38. The molecule has 0 aliphatic heterocycles. The van der Waals surface area contributed by atoms with Gasteiger partial charge < -0.3 is 10.6 Å². The summed E-state index contributed by atoms with van der Waals surface area (Å²) < 4.78 is 0.773. The van der Waals surface area contributed by atoms with Crippen molar-refractivity contribution in [2.45, 2.75) is 46.1 Å². The van der Waals surface area contributed by atoms with E-state index in [0.717, 1.165) is 15.6 Å². The summed E-state index contributed by atoms with van der Waals surface area (Å²) in [5, 5.41) is 6.99. The van der Waals surface area contributed by atoms with Crippen LogP contribution >= 0.6 is 22.9 Å². The monoisotopic (exact) mass is 454 g/mol. The van der Waals surface area contributed by atoms with Gasteiger partial charge in [0.05, 0.1) is 15.4 Å². The minimum atomic E-state index is -0.369. The smallest absolute Gasteiger partial charge is 0.263 e. The Morgan fingerprint density at radius 3 is 2.35 bits per heavy atom. The van der Waals surface area contributed by atoms with Crippen LogP contribution in [0.15, 0.2) is 48.5 Å². The molecule has 1 aromatic heterocycles. The number of halogens is 1. The normalized spacial score (nSPS) is 12.0. The first kappa shape index (κ1) is 23.0. The number of fused-ring (bicyclic) bond motifs is 1. The first-order chi connectivity index (χ1) is 14.5. The Morgan fingerprint density at radius 2 is 1.74 bits per heavy atom. The molecule has 3 aromatic rings. The summed E-state index contributed by atoms with van der Waals surface area (Å²) >= 11 is 7.77. The van der Waals surface area contributed by atoms with Gasteiger partial charge >= 0.3 is 0 Å². The van der Waals surface area contributed by atoms with E-state index in [-0.39, 0.29) is 17.4 Å². The second kappa shape index (κ2) is 9.25. The standard InChI is InChI=1S/C25H27ClN2O2S/c1-15(2)17-12-9-16(10-13-17)11-14-20(29)27-19-8-6-7-18-21(26)23(31-22(18)19)24(30)28-25(3,4)5/h6-15H,1-5H3,(H,27,29)(H,28,30)/b14-11+. The van der Waals surface area contributed by atoms with E-state index in [9.17, 15) is 9.59 Å². The number of amides is 2. The number of nitrogens with one attached hydrogen (secondary N) is 2. The lowest BCUT2D eigenvalue weighted by molar-refractivity contribution is -0.111. The Balaban J connectivity index is 1.80. The largest absolute Gasteiger partial charge is 0.347 e. The molecule has 4 nitrogen and oxygen atoms in total. The highest BCUT2D eigenvalue weighted by atomic mass is 35.5. The lowest BCUT2D eigenvalue weighted by Gasteiger charge is -2.19. The number of benzene rings is 2. The summed E-state index contributed by atoms with van der Waals surface area (Å²) in [6.45, 7) is 10.0. The summed E-state index contributed by atoms with van der Waals surface area (Å²) in [7, 11) is 0. The molecular formula is C25H27ClN2O2S. The predicted octanol–water partition coefficient (Wildman–Crippen LogP) is 6.86. The van der Waals surface area contributed by atoms with Crippen LogP contribution in [0.3, 0.4) is 0 Å². The molecule has 162 valence electrons. The molecule has 0 bridgehead atoms. The fraction of sp³-hybridized carbons (Fsp3) is 0.280. The number of thiophene rings is 1. The Kier molecular flexibility index (Phi) is 6.87. The molecule has 1 heterocycles. The molecule has 0 saturated heterocycles. The molecule has 31 heavy (non-hydrogen) atoms. The Hall–Kier alpha value is -2.63. The van der Waals surface area contributed by atoms with Crippen molar-refractivity contribution in [3.8, 4) is 0 Å². The number of carbonyl (C=O) groups is 2. The molecule has 0 radical (unpaired) electrons. The van der Waals surface area contributed by atoms with Crippen molar-refractivity contribution in [1.82, 2.24) is 5.32 Å². The number of carbonyl (C=O) groups excluding carboxylic acids is 2. The molecular weight excluding hydrogens is 428 g/mol. The van der Waals surface area contributed by atoms with Crippen LogP contribution in [0.25, 0.3) is 16.2 Å². The van der Waals surface area contributed by atoms with Crippen LogP contribution in [0.2, 0.25) is 5.02 Å². The van der Waals surface area contributed by atoms with Gasteiger partial charge in [-0.15, -0.1) is 11.3 Å². The maximum atomic E-state index is 12.6. The van der Waals surface area contributed by atoms with Crippen molar-refractivity contribution in [3.05, 3.63) is 69.6 Å². The molecule has 2 amide bonds. The second-order valence-corrected chi connectivity index (χ2v) is 10.2. The first-order valence-electron chi connectivity index (χ1n) is 10.2. The van der Waals surface area contributed by atoms with Gasteiger partial charge in [-0.2, -0.15) is 0 Å². The van der Waals surface area contributed by atoms with Crippen molar-refractivity contribution in [3.63, 3.8) is 0 Å². The minimum absolute atomic E-state index is 0.222. The van der Waals surface area contributed by atoms with E-state index in [4.69, 9.17) is 11.6 Å². The molecule has 0 saturated carbocycles. The van der Waals surface area contributed by atoms with Gasteiger partial charge in [-0.05, 0) is 50.0 Å². The summed E-state index contributed by atoms with van der Waals surface area (Å²) in [6.07, 6.45) is 3.29. The van der Waals surface area contributed by atoms with Gasteiger partial charge in [0.25, 0.3) is 5.91 Å². The van der Waals surface area contributed by atoms with E-state index >= 15 is 0 Å². The van der Waals surface area contributed by atoms with Crippen molar-refractivity contribution in [2.75, 3.05) is 5.32 Å². The van der Waals surface area contributed by atoms with Gasteiger partial charge in [-0.25, -0.2) is 0 Å². The van der Waals surface area contributed by atoms with E-state index in [2.05, 4.69) is 36.6 Å². The van der Waals surface area contributed by atoms with E-state index in [1.165, 1.54) is 23.0 Å². The molecule has 0 spiro atoms. The molecule has 3 rings (SSSR count). The minimum Gasteiger partial charge on any atom is -0.347 e. The predicted molar refractivity (Wildman–Crippen MR) is 132 cm³/mol. The SMILES string of the molecule is CC(C)c1ccc(/C=C/C(=O)Nc2cccc3c(Cl)c(C(=O)NC(C)(C)C)sc23)cc1. The highest BCUT2D eigenvalue weighted by molar-refractivity contribution is 7.22. The first-order valence-corrected chi connectivity index (χ1v) is 11.4. The maximum Gasteiger partial charge on any atom is 0.263 e. The third-order valence-electron chi connectivity index (χ3n) is 4.64. The zero-order chi connectivity index (χ0) is 22.8. The van der Waals surface area contributed by atoms with Crippen LogP contribution < -0.4 is 10.6 Å². The van der Waals surface area contributed by atoms with Crippen molar-refractivity contribution in [1.29, 1.82) is 0 Å². The summed E-state index contributed by atoms with van der Waals surface area (Å²) in [5.41, 5.74) is 2.47. The maximum absolute atomic E-state index is 12.6. The van der Waals surface area contributed by atoms with Crippen LogP contribution in [0, 0.1) is 0 Å². The van der Waals surface area contributed by atoms with Gasteiger partial charge in [0.15, 0.2) is 0 Å². The molecule has 0 aliphatic rings. The zero-order valence-electron chi connectivity index (χ0n) is 18.4. The van der Waals surface area contributed by atoms with E-state index < -0.39 is 0 Å². The van der Waals surface area contributed by atoms with Gasteiger partial charge in [0, 0.05) is 17.0 Å². The molecule has 2 N–H and O–H groups in total. The molecule has 0 unspecified atom stereocenters. The molecule has 0 atom stereocenters. The van der Waals surface area contributed by atoms with Crippen molar-refractivity contribution < 1.29 is 9.59 Å². The average Bonchev–Trinajstić information content (AvgIpc) is 3.03. The fourth-order valence-corrected chi connectivity index (χ4v) is 4.54.